The number of aliphatic carboxylic acids is 1. The topological polar surface area (TPSA) is 50.4 Å². The van der Waals surface area contributed by atoms with Gasteiger partial charge in [0.15, 0.2) is 0 Å². The van der Waals surface area contributed by atoms with Gasteiger partial charge in [-0.15, -0.1) is 0 Å². The molecule has 4 heteroatoms. The fraction of sp³-hybridized carbons (Fsp3) is 0.308. The van der Waals surface area contributed by atoms with E-state index in [9.17, 15) is 9.18 Å². The number of carboxylic acids is 1. The first-order valence-corrected chi connectivity index (χ1v) is 5.50. The van der Waals surface area contributed by atoms with Gasteiger partial charge in [0.2, 0.25) is 0 Å². The van der Waals surface area contributed by atoms with Crippen LogP contribution >= 0.6 is 0 Å². The predicted octanol–water partition coefficient (Wildman–Crippen LogP) is 3.08. The molecule has 1 saturated carbocycles. The molecule has 0 unspecified atom stereocenters. The monoisotopic (exact) mass is 234 g/mol. The minimum Gasteiger partial charge on any atom is -0.481 e. The summed E-state index contributed by atoms with van der Waals surface area (Å²) in [5, 5.41) is 9.69. The van der Waals surface area contributed by atoms with Crippen molar-refractivity contribution < 1.29 is 18.7 Å². The zero-order valence-corrected chi connectivity index (χ0v) is 9.07. The van der Waals surface area contributed by atoms with Crippen LogP contribution in [0.2, 0.25) is 0 Å². The summed E-state index contributed by atoms with van der Waals surface area (Å²) < 4.78 is 19.0. The van der Waals surface area contributed by atoms with Gasteiger partial charge in [-0.25, -0.2) is 4.39 Å². The van der Waals surface area contributed by atoms with Crippen LogP contribution in [0.15, 0.2) is 28.9 Å². The Morgan fingerprint density at radius 3 is 2.88 bits per heavy atom. The first-order valence-electron chi connectivity index (χ1n) is 5.50. The summed E-state index contributed by atoms with van der Waals surface area (Å²) >= 11 is 0. The molecule has 2 aromatic rings. The predicted molar refractivity (Wildman–Crippen MR) is 59.3 cm³/mol. The number of rotatable bonds is 3. The van der Waals surface area contributed by atoms with E-state index in [-0.39, 0.29) is 12.2 Å². The molecule has 0 atom stereocenters. The highest BCUT2D eigenvalue weighted by atomic mass is 19.1. The molecule has 0 aliphatic heterocycles. The number of hydrogen-bond acceptors (Lipinski definition) is 2. The van der Waals surface area contributed by atoms with Crippen LogP contribution in [0.25, 0.3) is 11.0 Å². The number of halogens is 1. The van der Waals surface area contributed by atoms with Crippen molar-refractivity contribution in [1.82, 2.24) is 0 Å². The number of hydrogen-bond donors (Lipinski definition) is 1. The largest absolute Gasteiger partial charge is 0.481 e. The quantitative estimate of drug-likeness (QED) is 0.887. The molecule has 1 aliphatic rings. The number of furan rings is 1. The lowest BCUT2D eigenvalue weighted by molar-refractivity contribution is -0.137. The molecule has 0 bridgehead atoms. The SMILES string of the molecule is O=C(O)CC1(c2cc3ccoc3cc2F)CC1. The molecule has 1 aliphatic carbocycles. The first-order chi connectivity index (χ1) is 8.11. The molecule has 1 fully saturated rings. The highest BCUT2D eigenvalue weighted by Crippen LogP contribution is 2.52. The van der Waals surface area contributed by atoms with Gasteiger partial charge in [-0.1, -0.05) is 0 Å². The van der Waals surface area contributed by atoms with E-state index in [0.29, 0.717) is 11.1 Å². The lowest BCUT2D eigenvalue weighted by Crippen LogP contribution is -2.14. The minimum atomic E-state index is -0.880. The molecule has 1 N–H and O–H groups in total. The Hall–Kier alpha value is -1.84. The van der Waals surface area contributed by atoms with Gasteiger partial charge in [0.25, 0.3) is 0 Å². The van der Waals surface area contributed by atoms with E-state index in [1.54, 1.807) is 12.1 Å². The van der Waals surface area contributed by atoms with Gasteiger partial charge in [0, 0.05) is 16.9 Å². The third kappa shape index (κ3) is 1.60. The molecule has 17 heavy (non-hydrogen) atoms. The summed E-state index contributed by atoms with van der Waals surface area (Å²) in [7, 11) is 0. The molecular formula is C13H11FO3. The average molecular weight is 234 g/mol. The third-order valence-corrected chi connectivity index (χ3v) is 3.46. The van der Waals surface area contributed by atoms with E-state index in [1.165, 1.54) is 12.3 Å². The van der Waals surface area contributed by atoms with E-state index in [0.717, 1.165) is 18.2 Å². The number of carboxylic acid groups (broad SMARTS) is 1. The zero-order chi connectivity index (χ0) is 12.0. The van der Waals surface area contributed by atoms with Gasteiger partial charge < -0.3 is 9.52 Å². The summed E-state index contributed by atoms with van der Waals surface area (Å²) in [5.74, 6) is -1.25. The summed E-state index contributed by atoms with van der Waals surface area (Å²) in [4.78, 5) is 10.8. The molecule has 0 spiro atoms. The smallest absolute Gasteiger partial charge is 0.304 e. The van der Waals surface area contributed by atoms with Gasteiger partial charge in [-0.3, -0.25) is 4.79 Å². The van der Waals surface area contributed by atoms with Crippen molar-refractivity contribution in [2.75, 3.05) is 0 Å². The highest BCUT2D eigenvalue weighted by molar-refractivity contribution is 5.79. The first kappa shape index (κ1) is 10.3. The molecule has 1 aromatic carbocycles. The van der Waals surface area contributed by atoms with E-state index in [2.05, 4.69) is 0 Å². The zero-order valence-electron chi connectivity index (χ0n) is 9.07. The number of fused-ring (bicyclic) bond motifs is 1. The Morgan fingerprint density at radius 2 is 2.24 bits per heavy atom. The minimum absolute atomic E-state index is 0.00667. The second-order valence-corrected chi connectivity index (χ2v) is 4.64. The summed E-state index contributed by atoms with van der Waals surface area (Å²) in [6.07, 6.45) is 2.97. The third-order valence-electron chi connectivity index (χ3n) is 3.46. The van der Waals surface area contributed by atoms with E-state index >= 15 is 0 Å². The van der Waals surface area contributed by atoms with Gasteiger partial charge in [0.1, 0.15) is 11.4 Å². The molecule has 0 saturated heterocycles. The van der Waals surface area contributed by atoms with Crippen LogP contribution in [0.1, 0.15) is 24.8 Å². The van der Waals surface area contributed by atoms with Crippen LogP contribution in [0, 0.1) is 5.82 Å². The second kappa shape index (κ2) is 3.32. The van der Waals surface area contributed by atoms with Gasteiger partial charge in [-0.05, 0) is 30.5 Å². The maximum Gasteiger partial charge on any atom is 0.304 e. The molecule has 1 heterocycles. The maximum atomic E-state index is 13.9. The standard InChI is InChI=1S/C13H11FO3/c14-10-6-11-8(1-4-17-11)5-9(10)13(2-3-13)7-12(15)16/h1,4-6H,2-3,7H2,(H,15,16). The molecule has 0 amide bonds. The lowest BCUT2D eigenvalue weighted by Gasteiger charge is -2.13. The van der Waals surface area contributed by atoms with Crippen molar-refractivity contribution in [3.63, 3.8) is 0 Å². The van der Waals surface area contributed by atoms with Crippen LogP contribution in [0.5, 0.6) is 0 Å². The fourth-order valence-electron chi connectivity index (χ4n) is 2.37. The Balaban J connectivity index is 2.10. The summed E-state index contributed by atoms with van der Waals surface area (Å²) in [5.41, 5.74) is 0.507. The van der Waals surface area contributed by atoms with Crippen LogP contribution in [-0.4, -0.2) is 11.1 Å². The Bertz CT molecular complexity index is 596. The molecule has 1 aromatic heterocycles. The number of benzene rings is 1. The van der Waals surface area contributed by atoms with Crippen molar-refractivity contribution in [3.8, 4) is 0 Å². The van der Waals surface area contributed by atoms with Crippen LogP contribution in [0.4, 0.5) is 4.39 Å². The van der Waals surface area contributed by atoms with Gasteiger partial charge >= 0.3 is 5.97 Å². The molecule has 0 radical (unpaired) electrons. The van der Waals surface area contributed by atoms with Gasteiger partial charge in [-0.2, -0.15) is 0 Å². The normalized spacial score (nSPS) is 17.2. The fourth-order valence-corrected chi connectivity index (χ4v) is 2.37. The van der Waals surface area contributed by atoms with Crippen molar-refractivity contribution in [3.05, 3.63) is 35.8 Å². The Labute approximate surface area is 96.8 Å². The van der Waals surface area contributed by atoms with Crippen LogP contribution in [-0.2, 0) is 10.2 Å². The molecule has 3 rings (SSSR count). The van der Waals surface area contributed by atoms with Crippen molar-refractivity contribution in [2.24, 2.45) is 0 Å². The molecular weight excluding hydrogens is 223 g/mol. The van der Waals surface area contributed by atoms with Gasteiger partial charge in [0.05, 0.1) is 12.7 Å². The van der Waals surface area contributed by atoms with E-state index < -0.39 is 11.4 Å². The van der Waals surface area contributed by atoms with E-state index in [4.69, 9.17) is 9.52 Å². The summed E-state index contributed by atoms with van der Waals surface area (Å²) in [6, 6.07) is 4.81. The van der Waals surface area contributed by atoms with Crippen molar-refractivity contribution in [1.29, 1.82) is 0 Å². The van der Waals surface area contributed by atoms with Crippen LogP contribution < -0.4 is 0 Å². The average Bonchev–Trinajstić information content (AvgIpc) is 2.87. The van der Waals surface area contributed by atoms with E-state index in [1.807, 2.05) is 0 Å². The number of carbonyl (C=O) groups is 1. The Kier molecular flexibility index (Phi) is 2.02. The lowest BCUT2D eigenvalue weighted by atomic mass is 9.91. The molecule has 3 nitrogen and oxygen atoms in total. The second-order valence-electron chi connectivity index (χ2n) is 4.64. The molecule has 88 valence electrons. The highest BCUT2D eigenvalue weighted by Gasteiger charge is 2.47. The summed E-state index contributed by atoms with van der Waals surface area (Å²) in [6.45, 7) is 0. The van der Waals surface area contributed by atoms with Crippen molar-refractivity contribution in [2.45, 2.75) is 24.7 Å². The Morgan fingerprint density at radius 1 is 1.47 bits per heavy atom. The van der Waals surface area contributed by atoms with Crippen LogP contribution in [0.3, 0.4) is 0 Å². The van der Waals surface area contributed by atoms with Crippen molar-refractivity contribution >= 4 is 16.9 Å². The maximum absolute atomic E-state index is 13.9.